The molecular formula is C13H9ClN2O. The fraction of sp³-hybridized carbons (Fsp3) is 0. The first-order chi connectivity index (χ1) is 8.25. The van der Waals surface area contributed by atoms with Crippen LogP contribution in [-0.2, 0) is 0 Å². The van der Waals surface area contributed by atoms with E-state index in [0.29, 0.717) is 22.2 Å². The van der Waals surface area contributed by atoms with Crippen LogP contribution in [0.3, 0.4) is 0 Å². The molecule has 4 heteroatoms. The molecule has 84 valence electrons. The molecule has 0 radical (unpaired) electrons. The van der Waals surface area contributed by atoms with E-state index in [1.165, 1.54) is 0 Å². The Bertz CT molecular complexity index is 691. The monoisotopic (exact) mass is 244 g/mol. The van der Waals surface area contributed by atoms with Crippen LogP contribution in [0, 0.1) is 0 Å². The number of hydrogen-bond donors (Lipinski definition) is 1. The highest BCUT2D eigenvalue weighted by atomic mass is 35.5. The summed E-state index contributed by atoms with van der Waals surface area (Å²) in [5.41, 5.74) is 7.26. The third-order valence-corrected chi connectivity index (χ3v) is 2.90. The Morgan fingerprint density at radius 2 is 2.06 bits per heavy atom. The molecule has 0 saturated carbocycles. The van der Waals surface area contributed by atoms with Gasteiger partial charge >= 0.3 is 0 Å². The van der Waals surface area contributed by atoms with E-state index in [1.54, 1.807) is 12.3 Å². The molecule has 0 fully saturated rings. The third kappa shape index (κ3) is 1.65. The summed E-state index contributed by atoms with van der Waals surface area (Å²) in [7, 11) is 0. The quantitative estimate of drug-likeness (QED) is 0.710. The molecular weight excluding hydrogens is 236 g/mol. The molecule has 0 unspecified atom stereocenters. The second-order valence-electron chi connectivity index (χ2n) is 3.71. The first-order valence-electron chi connectivity index (χ1n) is 5.14. The maximum atomic E-state index is 6.06. The van der Waals surface area contributed by atoms with Crippen molar-refractivity contribution in [1.29, 1.82) is 0 Å². The van der Waals surface area contributed by atoms with Gasteiger partial charge in [0.1, 0.15) is 11.6 Å². The molecule has 0 amide bonds. The topological polar surface area (TPSA) is 52.0 Å². The third-order valence-electron chi connectivity index (χ3n) is 2.60. The number of fused-ring (bicyclic) bond motifs is 1. The van der Waals surface area contributed by atoms with Crippen LogP contribution in [0.25, 0.3) is 22.3 Å². The van der Waals surface area contributed by atoms with Crippen molar-refractivity contribution in [2.75, 3.05) is 5.73 Å². The number of benzene rings is 1. The molecule has 17 heavy (non-hydrogen) atoms. The lowest BCUT2D eigenvalue weighted by atomic mass is 10.2. The highest BCUT2D eigenvalue weighted by molar-refractivity contribution is 6.34. The van der Waals surface area contributed by atoms with Crippen LogP contribution < -0.4 is 5.73 Å². The highest BCUT2D eigenvalue weighted by Gasteiger charge is 2.10. The van der Waals surface area contributed by atoms with Crippen molar-refractivity contribution in [3.05, 3.63) is 47.6 Å². The van der Waals surface area contributed by atoms with Crippen molar-refractivity contribution in [3.63, 3.8) is 0 Å². The Hall–Kier alpha value is -2.00. The number of pyridine rings is 1. The minimum Gasteiger partial charge on any atom is -0.454 e. The van der Waals surface area contributed by atoms with Gasteiger partial charge in [0, 0.05) is 11.6 Å². The van der Waals surface area contributed by atoms with Gasteiger partial charge in [-0.2, -0.15) is 0 Å². The van der Waals surface area contributed by atoms with E-state index in [9.17, 15) is 0 Å². The van der Waals surface area contributed by atoms with Crippen LogP contribution in [0.4, 0.5) is 5.82 Å². The number of hydrogen-bond acceptors (Lipinski definition) is 3. The number of anilines is 1. The van der Waals surface area contributed by atoms with E-state index in [2.05, 4.69) is 4.98 Å². The molecule has 0 bridgehead atoms. The second-order valence-corrected chi connectivity index (χ2v) is 4.11. The van der Waals surface area contributed by atoms with Gasteiger partial charge in [0.25, 0.3) is 0 Å². The van der Waals surface area contributed by atoms with E-state index in [-0.39, 0.29) is 0 Å². The summed E-state index contributed by atoms with van der Waals surface area (Å²) in [5.74, 6) is 1.13. The zero-order chi connectivity index (χ0) is 11.8. The van der Waals surface area contributed by atoms with Crippen molar-refractivity contribution >= 4 is 28.4 Å². The average Bonchev–Trinajstić information content (AvgIpc) is 2.75. The van der Waals surface area contributed by atoms with Gasteiger partial charge in [-0.1, -0.05) is 23.7 Å². The molecule has 0 spiro atoms. The van der Waals surface area contributed by atoms with E-state index in [0.717, 1.165) is 10.9 Å². The van der Waals surface area contributed by atoms with E-state index < -0.39 is 0 Å². The van der Waals surface area contributed by atoms with Crippen molar-refractivity contribution in [1.82, 2.24) is 4.98 Å². The molecule has 3 rings (SSSR count). The number of aromatic nitrogens is 1. The molecule has 1 aromatic carbocycles. The SMILES string of the molecule is Nc1ncccc1-c1cc2cccc(Cl)c2o1. The number of nitrogens with zero attached hydrogens (tertiary/aromatic N) is 1. The summed E-state index contributed by atoms with van der Waals surface area (Å²) in [5, 5.41) is 1.55. The Labute approximate surface area is 103 Å². The molecule has 2 heterocycles. The average molecular weight is 245 g/mol. The summed E-state index contributed by atoms with van der Waals surface area (Å²) < 4.78 is 5.71. The number of para-hydroxylation sites is 1. The first kappa shape index (κ1) is 10.2. The molecule has 0 aliphatic rings. The second kappa shape index (κ2) is 3.79. The van der Waals surface area contributed by atoms with E-state index >= 15 is 0 Å². The zero-order valence-electron chi connectivity index (χ0n) is 8.85. The lowest BCUT2D eigenvalue weighted by Gasteiger charge is -1.99. The minimum atomic E-state index is 0.447. The van der Waals surface area contributed by atoms with Gasteiger partial charge in [0.2, 0.25) is 0 Å². The number of furan rings is 1. The maximum absolute atomic E-state index is 6.06. The minimum absolute atomic E-state index is 0.447. The molecule has 2 aromatic heterocycles. The highest BCUT2D eigenvalue weighted by Crippen LogP contribution is 2.33. The van der Waals surface area contributed by atoms with Crippen LogP contribution in [0.1, 0.15) is 0 Å². The van der Waals surface area contributed by atoms with Gasteiger partial charge in [0.15, 0.2) is 5.58 Å². The standard InChI is InChI=1S/C13H9ClN2O/c14-10-5-1-3-8-7-11(17-12(8)10)9-4-2-6-16-13(9)15/h1-7H,(H2,15,16). The Kier molecular flexibility index (Phi) is 2.27. The number of halogens is 1. The zero-order valence-corrected chi connectivity index (χ0v) is 9.61. The van der Waals surface area contributed by atoms with Gasteiger partial charge in [-0.25, -0.2) is 4.98 Å². The molecule has 3 nitrogen and oxygen atoms in total. The summed E-state index contributed by atoms with van der Waals surface area (Å²) in [6.45, 7) is 0. The van der Waals surface area contributed by atoms with Gasteiger partial charge in [0.05, 0.1) is 10.6 Å². The van der Waals surface area contributed by atoms with E-state index in [4.69, 9.17) is 21.8 Å². The van der Waals surface area contributed by atoms with Crippen LogP contribution in [0.2, 0.25) is 5.02 Å². The number of rotatable bonds is 1. The molecule has 0 aliphatic carbocycles. The van der Waals surface area contributed by atoms with Crippen LogP contribution in [0.5, 0.6) is 0 Å². The largest absolute Gasteiger partial charge is 0.454 e. The summed E-state index contributed by atoms with van der Waals surface area (Å²) in [6.07, 6.45) is 1.65. The van der Waals surface area contributed by atoms with Gasteiger partial charge in [-0.3, -0.25) is 0 Å². The predicted octanol–water partition coefficient (Wildman–Crippen LogP) is 3.73. The predicted molar refractivity (Wildman–Crippen MR) is 68.9 cm³/mol. The molecule has 0 atom stereocenters. The molecule has 0 aliphatic heterocycles. The van der Waals surface area contributed by atoms with Crippen molar-refractivity contribution in [2.45, 2.75) is 0 Å². The van der Waals surface area contributed by atoms with Gasteiger partial charge in [-0.05, 0) is 24.3 Å². The number of nitrogens with two attached hydrogens (primary N) is 1. The lowest BCUT2D eigenvalue weighted by molar-refractivity contribution is 0.631. The normalized spacial score (nSPS) is 10.9. The van der Waals surface area contributed by atoms with Gasteiger partial charge < -0.3 is 10.2 Å². The first-order valence-corrected chi connectivity index (χ1v) is 5.52. The maximum Gasteiger partial charge on any atom is 0.153 e. The Morgan fingerprint density at radius 1 is 1.18 bits per heavy atom. The number of nitrogen functional groups attached to an aromatic ring is 1. The van der Waals surface area contributed by atoms with E-state index in [1.807, 2.05) is 30.3 Å². The van der Waals surface area contributed by atoms with Crippen molar-refractivity contribution < 1.29 is 4.42 Å². The fourth-order valence-electron chi connectivity index (χ4n) is 1.79. The van der Waals surface area contributed by atoms with Crippen molar-refractivity contribution in [3.8, 4) is 11.3 Å². The van der Waals surface area contributed by atoms with Crippen LogP contribution in [0.15, 0.2) is 47.0 Å². The molecule has 3 aromatic rings. The summed E-state index contributed by atoms with van der Waals surface area (Å²) in [4.78, 5) is 4.03. The lowest BCUT2D eigenvalue weighted by Crippen LogP contribution is -1.91. The van der Waals surface area contributed by atoms with Crippen molar-refractivity contribution in [2.24, 2.45) is 0 Å². The van der Waals surface area contributed by atoms with Crippen LogP contribution >= 0.6 is 11.6 Å². The smallest absolute Gasteiger partial charge is 0.153 e. The van der Waals surface area contributed by atoms with Crippen LogP contribution in [-0.4, -0.2) is 4.98 Å². The Balaban J connectivity index is 2.26. The molecule has 0 saturated heterocycles. The summed E-state index contributed by atoms with van der Waals surface area (Å²) >= 11 is 6.06. The fourth-order valence-corrected chi connectivity index (χ4v) is 2.01. The Morgan fingerprint density at radius 3 is 2.82 bits per heavy atom. The summed E-state index contributed by atoms with van der Waals surface area (Å²) in [6, 6.07) is 11.2. The van der Waals surface area contributed by atoms with Gasteiger partial charge in [-0.15, -0.1) is 0 Å². The molecule has 2 N–H and O–H groups in total.